The van der Waals surface area contributed by atoms with Crippen LogP contribution in [0.2, 0.25) is 4.44 Å². The van der Waals surface area contributed by atoms with Crippen molar-refractivity contribution in [1.82, 2.24) is 19.9 Å². The first-order valence-corrected chi connectivity index (χ1v) is 14.0. The first kappa shape index (κ1) is 26.9. The molecule has 0 saturated carbocycles. The molecule has 140 valence electrons. The first-order chi connectivity index (χ1) is 11.7. The van der Waals surface area contributed by atoms with Gasteiger partial charge in [-0.15, -0.1) is 0 Å². The summed E-state index contributed by atoms with van der Waals surface area (Å²) in [6.07, 6.45) is 10.3. The SMILES string of the molecule is C.CC.CCC[CH2][Sn][c]1ccnc(SC)n1.CSc1nccc(C)n1. The van der Waals surface area contributed by atoms with Crippen LogP contribution >= 0.6 is 23.5 Å². The molecule has 2 aromatic heterocycles. The molecule has 0 saturated heterocycles. The minimum Gasteiger partial charge on any atom is -0.231 e. The third-order valence-corrected chi connectivity index (χ3v) is 7.28. The Balaban J connectivity index is 0. The summed E-state index contributed by atoms with van der Waals surface area (Å²) in [5.41, 5.74) is 1.02. The summed E-state index contributed by atoms with van der Waals surface area (Å²) in [6.45, 7) is 8.20. The molecule has 0 atom stereocenters. The molecule has 2 radical (unpaired) electrons. The fourth-order valence-electron chi connectivity index (χ4n) is 1.46. The normalized spacial score (nSPS) is 9.04. The Kier molecular flexibility index (Phi) is 19.8. The monoisotopic (exact) mass is 488 g/mol. The molecule has 0 aromatic carbocycles. The minimum atomic E-state index is -0.387. The van der Waals surface area contributed by atoms with E-state index in [0.717, 1.165) is 16.0 Å². The largest absolute Gasteiger partial charge is 0.231 e. The zero-order chi connectivity index (χ0) is 18.2. The minimum absolute atomic E-state index is 0. The molecule has 2 aromatic rings. The van der Waals surface area contributed by atoms with E-state index in [0.29, 0.717) is 0 Å². The molecule has 0 amide bonds. The van der Waals surface area contributed by atoms with Gasteiger partial charge >= 0.3 is 94.5 Å². The summed E-state index contributed by atoms with van der Waals surface area (Å²) < 4.78 is 2.75. The number of unbranched alkanes of at least 4 members (excludes halogenated alkanes) is 1. The summed E-state index contributed by atoms with van der Waals surface area (Å²) in [6, 6.07) is 3.97. The van der Waals surface area contributed by atoms with Gasteiger partial charge in [0, 0.05) is 11.9 Å². The van der Waals surface area contributed by atoms with Crippen molar-refractivity contribution in [3.8, 4) is 0 Å². The predicted molar refractivity (Wildman–Crippen MR) is 116 cm³/mol. The van der Waals surface area contributed by atoms with E-state index in [9.17, 15) is 0 Å². The van der Waals surface area contributed by atoms with E-state index < -0.39 is 0 Å². The van der Waals surface area contributed by atoms with Crippen LogP contribution in [0.25, 0.3) is 0 Å². The second-order valence-electron chi connectivity index (χ2n) is 4.39. The number of thioether (sulfide) groups is 2. The molecule has 4 nitrogen and oxygen atoms in total. The molecular weight excluding hydrogens is 455 g/mol. The van der Waals surface area contributed by atoms with Gasteiger partial charge in [0.15, 0.2) is 5.16 Å². The summed E-state index contributed by atoms with van der Waals surface area (Å²) in [7, 11) is 0. The summed E-state index contributed by atoms with van der Waals surface area (Å²) in [5.74, 6) is 0. The third-order valence-electron chi connectivity index (χ3n) is 2.61. The molecular formula is C18H32N4S2Sn. The Morgan fingerprint density at radius 2 is 1.52 bits per heavy atom. The van der Waals surface area contributed by atoms with Crippen molar-refractivity contribution in [2.45, 2.75) is 62.7 Å². The van der Waals surface area contributed by atoms with Gasteiger partial charge in [-0.25, -0.2) is 9.97 Å². The number of rotatable bonds is 6. The van der Waals surface area contributed by atoms with Crippen molar-refractivity contribution >= 4 is 48.4 Å². The van der Waals surface area contributed by atoms with Crippen molar-refractivity contribution in [3.05, 3.63) is 30.2 Å². The molecule has 25 heavy (non-hydrogen) atoms. The van der Waals surface area contributed by atoms with Gasteiger partial charge < -0.3 is 0 Å². The van der Waals surface area contributed by atoms with Gasteiger partial charge in [-0.1, -0.05) is 33.0 Å². The van der Waals surface area contributed by atoms with Crippen LogP contribution in [-0.2, 0) is 0 Å². The summed E-state index contributed by atoms with van der Waals surface area (Å²) >= 11 is 2.80. The molecule has 2 rings (SSSR count). The quantitative estimate of drug-likeness (QED) is 0.250. The predicted octanol–water partition coefficient (Wildman–Crippen LogP) is 4.92. The van der Waals surface area contributed by atoms with E-state index in [1.807, 2.05) is 45.5 Å². The zero-order valence-corrected chi connectivity index (χ0v) is 20.0. The van der Waals surface area contributed by atoms with Crippen LogP contribution in [0.15, 0.2) is 34.8 Å². The molecule has 0 unspecified atom stereocenters. The van der Waals surface area contributed by atoms with Crippen LogP contribution in [0.1, 0.15) is 46.7 Å². The number of aryl methyl sites for hydroxylation is 1. The summed E-state index contributed by atoms with van der Waals surface area (Å²) in [4.78, 5) is 16.8. The van der Waals surface area contributed by atoms with Crippen molar-refractivity contribution in [3.63, 3.8) is 0 Å². The molecule has 0 aliphatic carbocycles. The van der Waals surface area contributed by atoms with E-state index in [-0.39, 0.29) is 28.6 Å². The Morgan fingerprint density at radius 1 is 0.960 bits per heavy atom. The van der Waals surface area contributed by atoms with Gasteiger partial charge in [0.25, 0.3) is 0 Å². The van der Waals surface area contributed by atoms with Crippen molar-refractivity contribution in [2.75, 3.05) is 12.5 Å². The van der Waals surface area contributed by atoms with Gasteiger partial charge in [0.1, 0.15) is 0 Å². The maximum Gasteiger partial charge on any atom is 0.187 e. The van der Waals surface area contributed by atoms with Crippen molar-refractivity contribution in [2.24, 2.45) is 0 Å². The van der Waals surface area contributed by atoms with Gasteiger partial charge in [0.2, 0.25) is 0 Å². The Morgan fingerprint density at radius 3 is 2.00 bits per heavy atom. The maximum atomic E-state index is 4.49. The Labute approximate surface area is 173 Å². The van der Waals surface area contributed by atoms with E-state index in [2.05, 4.69) is 32.9 Å². The Hall–Kier alpha value is -0.341. The zero-order valence-electron chi connectivity index (χ0n) is 15.5. The van der Waals surface area contributed by atoms with Crippen LogP contribution in [0.4, 0.5) is 0 Å². The number of hydrogen-bond acceptors (Lipinski definition) is 6. The average molecular weight is 487 g/mol. The topological polar surface area (TPSA) is 51.6 Å². The van der Waals surface area contributed by atoms with Crippen LogP contribution in [0, 0.1) is 6.92 Å². The molecule has 7 heteroatoms. The van der Waals surface area contributed by atoms with E-state index >= 15 is 0 Å². The maximum absolute atomic E-state index is 4.49. The van der Waals surface area contributed by atoms with Gasteiger partial charge in [-0.2, -0.15) is 0 Å². The summed E-state index contributed by atoms with van der Waals surface area (Å²) in [5, 5.41) is 1.77. The molecule has 0 aliphatic heterocycles. The second-order valence-corrected chi connectivity index (χ2v) is 9.84. The molecule has 2 heterocycles. The van der Waals surface area contributed by atoms with E-state index in [1.165, 1.54) is 21.0 Å². The number of aromatic nitrogens is 4. The third kappa shape index (κ3) is 13.5. The fraction of sp³-hybridized carbons (Fsp3) is 0.556. The van der Waals surface area contributed by atoms with Gasteiger partial charge in [-0.3, -0.25) is 0 Å². The molecule has 0 N–H and O–H groups in total. The molecule has 0 bridgehead atoms. The molecule has 0 fully saturated rings. The van der Waals surface area contributed by atoms with Crippen LogP contribution in [0.3, 0.4) is 0 Å². The smallest absolute Gasteiger partial charge is 0.187 e. The van der Waals surface area contributed by atoms with Gasteiger partial charge in [-0.05, 0) is 19.2 Å². The van der Waals surface area contributed by atoms with Crippen LogP contribution < -0.4 is 3.71 Å². The molecule has 0 aliphatic rings. The van der Waals surface area contributed by atoms with Gasteiger partial charge in [0.05, 0.1) is 0 Å². The Bertz CT molecular complexity index is 556. The second kappa shape index (κ2) is 18.4. The average Bonchev–Trinajstić information content (AvgIpc) is 2.64. The number of hydrogen-bond donors (Lipinski definition) is 0. The molecule has 0 spiro atoms. The van der Waals surface area contributed by atoms with Crippen LogP contribution in [0.5, 0.6) is 0 Å². The fourth-order valence-corrected chi connectivity index (χ4v) is 5.77. The standard InChI is InChI=1S/C6H8N2S.C5H5N2S.C4H9.C2H6.CH4.Sn/c1-5-3-4-7-6(8-5)9-2;1-8-5-6-3-2-4-7-5;1-3-4-2;1-2;;/h3-4H,1-2H3;2-3H,1H3;1,3-4H2,2H3;1-2H3;1H4;. The van der Waals surface area contributed by atoms with E-state index in [1.54, 1.807) is 29.7 Å². The van der Waals surface area contributed by atoms with Crippen molar-refractivity contribution in [1.29, 1.82) is 0 Å². The van der Waals surface area contributed by atoms with Crippen molar-refractivity contribution < 1.29 is 0 Å². The number of nitrogens with zero attached hydrogens (tertiary/aromatic N) is 4. The van der Waals surface area contributed by atoms with E-state index in [4.69, 9.17) is 0 Å². The first-order valence-electron chi connectivity index (χ1n) is 8.14. The van der Waals surface area contributed by atoms with Crippen LogP contribution in [-0.4, -0.2) is 53.6 Å².